The molecule has 10 nitrogen and oxygen atoms in total. The highest BCUT2D eigenvalue weighted by Gasteiger charge is 2.48. The van der Waals surface area contributed by atoms with Gasteiger partial charge in [-0.05, 0) is 43.4 Å². The van der Waals surface area contributed by atoms with E-state index in [-0.39, 0.29) is 35.1 Å². The van der Waals surface area contributed by atoms with Gasteiger partial charge in [0.15, 0.2) is 6.10 Å². The van der Waals surface area contributed by atoms with Gasteiger partial charge in [-0.2, -0.15) is 0 Å². The summed E-state index contributed by atoms with van der Waals surface area (Å²) < 4.78 is 24.1. The van der Waals surface area contributed by atoms with Crippen molar-refractivity contribution in [3.05, 3.63) is 23.8 Å². The normalized spacial score (nSPS) is 26.5. The highest BCUT2D eigenvalue weighted by Crippen LogP contribution is 2.30. The molecule has 1 aliphatic rings. The first kappa shape index (κ1) is 26.9. The molecule has 186 valence electrons. The molecule has 0 saturated carbocycles. The monoisotopic (exact) mass is 472 g/mol. The number of carboxylic acids is 1. The Kier molecular flexibility index (Phi) is 9.15. The van der Waals surface area contributed by atoms with Crippen LogP contribution in [-0.2, 0) is 21.0 Å². The number of aliphatic hydroxyl groups is 3. The van der Waals surface area contributed by atoms with Crippen LogP contribution in [0.15, 0.2) is 18.2 Å². The van der Waals surface area contributed by atoms with Crippen LogP contribution < -0.4 is 15.8 Å². The number of hydrogen-bond acceptors (Lipinski definition) is 8. The minimum atomic E-state index is -1.87. The average Bonchev–Trinajstić information content (AvgIpc) is 2.72. The van der Waals surface area contributed by atoms with Gasteiger partial charge in [-0.1, -0.05) is 13.8 Å². The van der Waals surface area contributed by atoms with Crippen molar-refractivity contribution < 1.29 is 43.9 Å². The minimum absolute atomic E-state index is 0.00775. The van der Waals surface area contributed by atoms with Crippen molar-refractivity contribution in [1.29, 1.82) is 0 Å². The Morgan fingerprint density at radius 1 is 1.24 bits per heavy atom. The first-order chi connectivity index (χ1) is 15.3. The van der Waals surface area contributed by atoms with Crippen LogP contribution >= 0.6 is 0 Å². The van der Waals surface area contributed by atoms with Crippen LogP contribution in [-0.4, -0.2) is 69.1 Å². The van der Waals surface area contributed by atoms with Crippen LogP contribution in [0.3, 0.4) is 0 Å². The van der Waals surface area contributed by atoms with Crippen molar-refractivity contribution in [3.63, 3.8) is 0 Å². The zero-order valence-electron chi connectivity index (χ0n) is 18.9. The van der Waals surface area contributed by atoms with Gasteiger partial charge in [0, 0.05) is 23.7 Å². The van der Waals surface area contributed by atoms with E-state index < -0.39 is 43.3 Å². The molecule has 0 radical (unpaired) electrons. The predicted octanol–water partition coefficient (Wildman–Crippen LogP) is 0.909. The number of benzene rings is 1. The largest absolute Gasteiger partial charge is 0.479 e. The molecule has 0 aromatic heterocycles. The van der Waals surface area contributed by atoms with Gasteiger partial charge in [0.1, 0.15) is 30.7 Å². The van der Waals surface area contributed by atoms with Crippen LogP contribution in [0.1, 0.15) is 45.6 Å². The lowest BCUT2D eigenvalue weighted by Crippen LogP contribution is -2.61. The van der Waals surface area contributed by atoms with E-state index in [2.05, 4.69) is 5.32 Å². The summed E-state index contributed by atoms with van der Waals surface area (Å²) in [6.45, 7) is 4.98. The maximum Gasteiger partial charge on any atom is 0.335 e. The number of carbonyl (C=O) groups is 2. The van der Waals surface area contributed by atoms with Gasteiger partial charge in [0.2, 0.25) is 12.2 Å². The fraction of sp³-hybridized carbons (Fsp3) is 0.636. The van der Waals surface area contributed by atoms with E-state index >= 15 is 0 Å². The lowest BCUT2D eigenvalue weighted by molar-refractivity contribution is -0.271. The number of hydrogen-bond donors (Lipinski definition) is 6. The zero-order valence-corrected chi connectivity index (χ0v) is 18.9. The standard InChI is InChI=1S/C22H33FN2O8/c1-11(24)9-22(2,3)7-6-15(26)25-13-4-5-14(12(8-13)10-23)32-21-18(29)16(27)17(28)19(33-21)20(30)31/h4-5,8,11,16-19,21,27-29H,6-7,9-10,24H2,1-3H3,(H,25,26)(H,30,31). The fourth-order valence-electron chi connectivity index (χ4n) is 3.80. The second kappa shape index (κ2) is 11.2. The molecule has 33 heavy (non-hydrogen) atoms. The van der Waals surface area contributed by atoms with Crippen molar-refractivity contribution in [2.75, 3.05) is 5.32 Å². The van der Waals surface area contributed by atoms with Gasteiger partial charge in [-0.25, -0.2) is 9.18 Å². The highest BCUT2D eigenvalue weighted by molar-refractivity contribution is 5.90. The molecule has 1 amide bonds. The minimum Gasteiger partial charge on any atom is -0.479 e. The number of alkyl halides is 1. The first-order valence-corrected chi connectivity index (χ1v) is 10.7. The van der Waals surface area contributed by atoms with Crippen molar-refractivity contribution in [3.8, 4) is 5.75 Å². The van der Waals surface area contributed by atoms with Crippen LogP contribution in [0, 0.1) is 5.41 Å². The number of nitrogens with one attached hydrogen (secondary N) is 1. The van der Waals surface area contributed by atoms with Gasteiger partial charge in [0.05, 0.1) is 0 Å². The molecule has 0 spiro atoms. The summed E-state index contributed by atoms with van der Waals surface area (Å²) in [4.78, 5) is 23.5. The number of anilines is 1. The van der Waals surface area contributed by atoms with Crippen molar-refractivity contribution in [2.45, 2.75) is 83.5 Å². The van der Waals surface area contributed by atoms with E-state index in [0.717, 1.165) is 6.42 Å². The van der Waals surface area contributed by atoms with E-state index in [9.17, 15) is 29.3 Å². The molecule has 1 aromatic rings. The van der Waals surface area contributed by atoms with Gasteiger partial charge in [0.25, 0.3) is 0 Å². The Hall–Kier alpha value is -2.31. The maximum atomic E-state index is 13.6. The number of rotatable bonds is 10. The first-order valence-electron chi connectivity index (χ1n) is 10.7. The molecule has 2 rings (SSSR count). The smallest absolute Gasteiger partial charge is 0.335 e. The number of aliphatic carboxylic acids is 1. The Labute approximate surface area is 191 Å². The third-order valence-corrected chi connectivity index (χ3v) is 5.45. The van der Waals surface area contributed by atoms with Crippen LogP contribution in [0.25, 0.3) is 0 Å². The zero-order chi connectivity index (χ0) is 24.9. The summed E-state index contributed by atoms with van der Waals surface area (Å²) in [6, 6.07) is 4.14. The quantitative estimate of drug-likeness (QED) is 0.289. The van der Waals surface area contributed by atoms with E-state index in [0.29, 0.717) is 12.1 Å². The van der Waals surface area contributed by atoms with Crippen molar-refractivity contribution in [1.82, 2.24) is 0 Å². The van der Waals surface area contributed by atoms with E-state index in [4.69, 9.17) is 20.3 Å². The summed E-state index contributed by atoms with van der Waals surface area (Å²) in [5, 5.41) is 41.5. The third kappa shape index (κ3) is 7.34. The van der Waals surface area contributed by atoms with E-state index in [1.165, 1.54) is 18.2 Å². The van der Waals surface area contributed by atoms with Crippen LogP contribution in [0.4, 0.5) is 10.1 Å². The molecule has 1 aromatic carbocycles. The summed E-state index contributed by atoms with van der Waals surface area (Å²) in [6.07, 6.45) is -7.36. The average molecular weight is 473 g/mol. The molecule has 6 unspecified atom stereocenters. The maximum absolute atomic E-state index is 13.6. The predicted molar refractivity (Wildman–Crippen MR) is 116 cm³/mol. The number of halogens is 1. The Bertz CT molecular complexity index is 835. The molecule has 1 heterocycles. The number of carbonyl (C=O) groups excluding carboxylic acids is 1. The van der Waals surface area contributed by atoms with Crippen LogP contribution in [0.5, 0.6) is 5.75 Å². The molecule has 1 saturated heterocycles. The molecule has 1 fully saturated rings. The molecule has 11 heteroatoms. The number of carboxylic acid groups (broad SMARTS) is 1. The molecule has 7 N–H and O–H groups in total. The second-order valence-corrected chi connectivity index (χ2v) is 9.20. The number of nitrogens with two attached hydrogens (primary N) is 1. The molecular weight excluding hydrogens is 439 g/mol. The van der Waals surface area contributed by atoms with Crippen LogP contribution in [0.2, 0.25) is 0 Å². The molecule has 0 bridgehead atoms. The molecule has 1 aliphatic heterocycles. The van der Waals surface area contributed by atoms with E-state index in [1.807, 2.05) is 20.8 Å². The lowest BCUT2D eigenvalue weighted by atomic mass is 9.82. The Morgan fingerprint density at radius 3 is 2.48 bits per heavy atom. The Morgan fingerprint density at radius 2 is 1.91 bits per heavy atom. The molecule has 6 atom stereocenters. The van der Waals surface area contributed by atoms with Gasteiger partial charge in [-0.3, -0.25) is 4.79 Å². The number of amides is 1. The fourth-order valence-corrected chi connectivity index (χ4v) is 3.80. The number of aliphatic hydroxyl groups excluding tert-OH is 3. The highest BCUT2D eigenvalue weighted by atomic mass is 19.1. The topological polar surface area (TPSA) is 172 Å². The summed E-state index contributed by atoms with van der Waals surface area (Å²) >= 11 is 0. The van der Waals surface area contributed by atoms with Crippen molar-refractivity contribution in [2.24, 2.45) is 11.1 Å². The van der Waals surface area contributed by atoms with Gasteiger partial charge in [-0.15, -0.1) is 0 Å². The number of ether oxygens (including phenoxy) is 2. The molecular formula is C22H33FN2O8. The van der Waals surface area contributed by atoms with E-state index in [1.54, 1.807) is 0 Å². The summed E-state index contributed by atoms with van der Waals surface area (Å²) in [5.41, 5.74) is 6.06. The van der Waals surface area contributed by atoms with Crippen molar-refractivity contribution >= 4 is 17.6 Å². The molecule has 0 aliphatic carbocycles. The summed E-state index contributed by atoms with van der Waals surface area (Å²) in [7, 11) is 0. The second-order valence-electron chi connectivity index (χ2n) is 9.20. The Balaban J connectivity index is 2.05. The SMILES string of the molecule is CC(N)CC(C)(C)CCC(=O)Nc1ccc(OC2OC(C(=O)O)C(O)C(O)C2O)c(CF)c1. The van der Waals surface area contributed by atoms with Gasteiger partial charge < -0.3 is 41.0 Å². The van der Waals surface area contributed by atoms with Gasteiger partial charge >= 0.3 is 5.97 Å². The third-order valence-electron chi connectivity index (χ3n) is 5.45. The summed E-state index contributed by atoms with van der Waals surface area (Å²) in [5.74, 6) is -1.89. The lowest BCUT2D eigenvalue weighted by Gasteiger charge is -2.38.